The second-order valence-electron chi connectivity index (χ2n) is 4.86. The van der Waals surface area contributed by atoms with Crippen LogP contribution in [0.25, 0.3) is 0 Å². The standard InChI is InChI=1S/C14H18N2O4/c1-2-13-9-15(7-8-20-13)10-14(17)11-3-5-12(6-4-11)16(18)19/h3-6,13H,2,7-10H2,1H3. The van der Waals surface area contributed by atoms with Crippen molar-refractivity contribution in [3.63, 3.8) is 0 Å². The van der Waals surface area contributed by atoms with E-state index in [1.807, 2.05) is 0 Å². The van der Waals surface area contributed by atoms with Crippen molar-refractivity contribution in [1.82, 2.24) is 4.90 Å². The van der Waals surface area contributed by atoms with Gasteiger partial charge in [-0.05, 0) is 18.6 Å². The molecule has 0 spiro atoms. The minimum absolute atomic E-state index is 0.000954. The van der Waals surface area contributed by atoms with Gasteiger partial charge in [0.1, 0.15) is 0 Å². The van der Waals surface area contributed by atoms with Gasteiger partial charge in [-0.15, -0.1) is 0 Å². The van der Waals surface area contributed by atoms with Crippen LogP contribution in [0.5, 0.6) is 0 Å². The Morgan fingerprint density at radius 1 is 1.45 bits per heavy atom. The Balaban J connectivity index is 1.95. The maximum Gasteiger partial charge on any atom is 0.269 e. The fraction of sp³-hybridized carbons (Fsp3) is 0.500. The van der Waals surface area contributed by atoms with Crippen molar-refractivity contribution in [3.05, 3.63) is 39.9 Å². The van der Waals surface area contributed by atoms with Crippen LogP contribution in [0.3, 0.4) is 0 Å². The number of non-ortho nitro benzene ring substituents is 1. The Labute approximate surface area is 117 Å². The average molecular weight is 278 g/mol. The smallest absolute Gasteiger partial charge is 0.269 e. The number of ketones is 1. The molecule has 1 saturated heterocycles. The lowest BCUT2D eigenvalue weighted by molar-refractivity contribution is -0.384. The monoisotopic (exact) mass is 278 g/mol. The van der Waals surface area contributed by atoms with Crippen LogP contribution < -0.4 is 0 Å². The van der Waals surface area contributed by atoms with Gasteiger partial charge < -0.3 is 4.74 Å². The van der Waals surface area contributed by atoms with Gasteiger partial charge in [0.25, 0.3) is 5.69 Å². The number of morpholine rings is 1. The van der Waals surface area contributed by atoms with Gasteiger partial charge in [-0.3, -0.25) is 19.8 Å². The Morgan fingerprint density at radius 3 is 2.75 bits per heavy atom. The Kier molecular flexibility index (Phi) is 4.81. The Bertz CT molecular complexity index is 486. The van der Waals surface area contributed by atoms with Gasteiger partial charge in [0.15, 0.2) is 5.78 Å². The summed E-state index contributed by atoms with van der Waals surface area (Å²) in [7, 11) is 0. The van der Waals surface area contributed by atoms with Gasteiger partial charge in [-0.1, -0.05) is 6.92 Å². The predicted octanol–water partition coefficient (Wildman–Crippen LogP) is 1.89. The third kappa shape index (κ3) is 3.61. The number of ether oxygens (including phenoxy) is 1. The lowest BCUT2D eigenvalue weighted by Gasteiger charge is -2.31. The maximum atomic E-state index is 12.1. The van der Waals surface area contributed by atoms with Crippen LogP contribution in [-0.2, 0) is 4.74 Å². The third-order valence-electron chi connectivity index (χ3n) is 3.45. The van der Waals surface area contributed by atoms with Crippen molar-refractivity contribution in [2.24, 2.45) is 0 Å². The quantitative estimate of drug-likeness (QED) is 0.467. The summed E-state index contributed by atoms with van der Waals surface area (Å²) in [5.41, 5.74) is 0.508. The largest absolute Gasteiger partial charge is 0.376 e. The third-order valence-corrected chi connectivity index (χ3v) is 3.45. The summed E-state index contributed by atoms with van der Waals surface area (Å²) in [5, 5.41) is 10.6. The van der Waals surface area contributed by atoms with E-state index >= 15 is 0 Å². The summed E-state index contributed by atoms with van der Waals surface area (Å²) in [5.74, 6) is -0.0170. The predicted molar refractivity (Wildman–Crippen MR) is 73.9 cm³/mol. The van der Waals surface area contributed by atoms with Gasteiger partial charge in [-0.2, -0.15) is 0 Å². The molecule has 1 unspecified atom stereocenters. The summed E-state index contributed by atoms with van der Waals surface area (Å²) in [6.45, 7) is 4.54. The topological polar surface area (TPSA) is 72.7 Å². The normalized spacial score (nSPS) is 19.8. The molecular weight excluding hydrogens is 260 g/mol. The molecule has 0 radical (unpaired) electrons. The van der Waals surface area contributed by atoms with E-state index in [1.165, 1.54) is 24.3 Å². The van der Waals surface area contributed by atoms with E-state index in [1.54, 1.807) is 0 Å². The van der Waals surface area contributed by atoms with E-state index in [9.17, 15) is 14.9 Å². The number of benzene rings is 1. The second kappa shape index (κ2) is 6.58. The van der Waals surface area contributed by atoms with Crippen molar-refractivity contribution in [1.29, 1.82) is 0 Å². The highest BCUT2D eigenvalue weighted by Crippen LogP contribution is 2.14. The molecule has 1 aliphatic rings. The van der Waals surface area contributed by atoms with Crippen LogP contribution in [-0.4, -0.2) is 48.0 Å². The zero-order valence-electron chi connectivity index (χ0n) is 11.4. The number of nitro groups is 1. The number of carbonyl (C=O) groups is 1. The molecule has 0 N–H and O–H groups in total. The molecule has 1 aromatic rings. The highest BCUT2D eigenvalue weighted by Gasteiger charge is 2.21. The Morgan fingerprint density at radius 2 is 2.15 bits per heavy atom. The lowest BCUT2D eigenvalue weighted by atomic mass is 10.1. The van der Waals surface area contributed by atoms with E-state index in [-0.39, 0.29) is 17.6 Å². The highest BCUT2D eigenvalue weighted by atomic mass is 16.6. The summed E-state index contributed by atoms with van der Waals surface area (Å²) < 4.78 is 5.56. The molecule has 108 valence electrons. The summed E-state index contributed by atoms with van der Waals surface area (Å²) in [6, 6.07) is 5.75. The van der Waals surface area contributed by atoms with Crippen molar-refractivity contribution >= 4 is 11.5 Å². The number of rotatable bonds is 5. The molecule has 0 saturated carbocycles. The van der Waals surface area contributed by atoms with Gasteiger partial charge in [0.05, 0.1) is 24.2 Å². The molecule has 2 rings (SSSR count). The van der Waals surface area contributed by atoms with Crippen LogP contribution in [0.1, 0.15) is 23.7 Å². The van der Waals surface area contributed by atoms with Crippen molar-refractivity contribution in [2.45, 2.75) is 19.4 Å². The number of hydrogen-bond acceptors (Lipinski definition) is 5. The molecule has 20 heavy (non-hydrogen) atoms. The molecule has 1 heterocycles. The number of nitro benzene ring substituents is 1. The van der Waals surface area contributed by atoms with E-state index < -0.39 is 4.92 Å². The first-order valence-corrected chi connectivity index (χ1v) is 6.71. The van der Waals surface area contributed by atoms with Gasteiger partial charge in [0, 0.05) is 30.8 Å². The molecule has 1 fully saturated rings. The molecular formula is C14H18N2O4. The van der Waals surface area contributed by atoms with E-state index in [4.69, 9.17) is 4.74 Å². The molecule has 1 aromatic carbocycles. The molecule has 1 aliphatic heterocycles. The van der Waals surface area contributed by atoms with Crippen LogP contribution in [0, 0.1) is 10.1 Å². The molecule has 0 aliphatic carbocycles. The fourth-order valence-corrected chi connectivity index (χ4v) is 2.23. The number of Topliss-reactive ketones (excluding diaryl/α,β-unsaturated/α-hetero) is 1. The molecule has 6 heteroatoms. The van der Waals surface area contributed by atoms with Crippen molar-refractivity contribution < 1.29 is 14.5 Å². The summed E-state index contributed by atoms with van der Waals surface area (Å²) in [6.07, 6.45) is 1.12. The minimum Gasteiger partial charge on any atom is -0.376 e. The van der Waals surface area contributed by atoms with Crippen molar-refractivity contribution in [2.75, 3.05) is 26.2 Å². The molecule has 0 aromatic heterocycles. The average Bonchev–Trinajstić information content (AvgIpc) is 2.47. The minimum atomic E-state index is -0.470. The SMILES string of the molecule is CCC1CN(CC(=O)c2ccc([N+](=O)[O-])cc2)CCO1. The lowest BCUT2D eigenvalue weighted by Crippen LogP contribution is -2.44. The zero-order chi connectivity index (χ0) is 14.5. The zero-order valence-corrected chi connectivity index (χ0v) is 11.4. The second-order valence-corrected chi connectivity index (χ2v) is 4.86. The molecule has 0 amide bonds. The highest BCUT2D eigenvalue weighted by molar-refractivity contribution is 5.97. The first-order chi connectivity index (χ1) is 9.60. The molecule has 0 bridgehead atoms. The molecule has 1 atom stereocenters. The Hall–Kier alpha value is -1.79. The van der Waals surface area contributed by atoms with E-state index in [0.717, 1.165) is 19.5 Å². The van der Waals surface area contributed by atoms with Crippen LogP contribution in [0.2, 0.25) is 0 Å². The number of carbonyl (C=O) groups excluding carboxylic acids is 1. The van der Waals surface area contributed by atoms with Crippen LogP contribution in [0.4, 0.5) is 5.69 Å². The van der Waals surface area contributed by atoms with Crippen molar-refractivity contribution in [3.8, 4) is 0 Å². The van der Waals surface area contributed by atoms with E-state index in [2.05, 4.69) is 11.8 Å². The maximum absolute atomic E-state index is 12.1. The van der Waals surface area contributed by atoms with E-state index in [0.29, 0.717) is 18.7 Å². The van der Waals surface area contributed by atoms with Gasteiger partial charge >= 0.3 is 0 Å². The van der Waals surface area contributed by atoms with Gasteiger partial charge in [0.2, 0.25) is 0 Å². The molecule has 6 nitrogen and oxygen atoms in total. The van der Waals surface area contributed by atoms with Gasteiger partial charge in [-0.25, -0.2) is 0 Å². The number of nitrogens with zero attached hydrogens (tertiary/aromatic N) is 2. The summed E-state index contributed by atoms with van der Waals surface area (Å²) >= 11 is 0. The first kappa shape index (κ1) is 14.6. The summed E-state index contributed by atoms with van der Waals surface area (Å²) in [4.78, 5) is 24.3. The first-order valence-electron chi connectivity index (χ1n) is 6.71. The van der Waals surface area contributed by atoms with Crippen LogP contribution in [0.15, 0.2) is 24.3 Å². The fourth-order valence-electron chi connectivity index (χ4n) is 2.23. The van der Waals surface area contributed by atoms with Crippen LogP contribution >= 0.6 is 0 Å². The number of hydrogen-bond donors (Lipinski definition) is 0.